The predicted molar refractivity (Wildman–Crippen MR) is 60.9 cm³/mol. The van der Waals surface area contributed by atoms with Crippen LogP contribution in [0.3, 0.4) is 0 Å². The van der Waals surface area contributed by atoms with Gasteiger partial charge in [-0.1, -0.05) is 28.4 Å². The van der Waals surface area contributed by atoms with Crippen LogP contribution in [-0.4, -0.2) is 31.5 Å². The molecule has 9 heteroatoms. The van der Waals surface area contributed by atoms with Gasteiger partial charge in [0.1, 0.15) is 10.8 Å². The summed E-state index contributed by atoms with van der Waals surface area (Å²) in [5.41, 5.74) is 0.273. The van der Waals surface area contributed by atoms with Crippen LogP contribution in [0.15, 0.2) is 6.07 Å². The highest BCUT2D eigenvalue weighted by molar-refractivity contribution is 6.41. The van der Waals surface area contributed by atoms with E-state index in [0.717, 1.165) is 0 Å². The minimum atomic E-state index is -0.373. The Bertz CT molecular complexity index is 503. The maximum atomic E-state index is 11.8. The Hall–Kier alpha value is -1.60. The molecule has 1 amide bonds. The fraction of sp³-hybridized carbons (Fsp3) is 0.250. The molecule has 2 rings (SSSR count). The standard InChI is InChI=1S/C8H8Cl2N6O/c1-3(7-13-15-16-14-7)11-8(17)5-2-4(9)6(10)12-5/h2-3,12H,1H3,(H,11,17)(H,13,14,15,16). The molecule has 0 spiro atoms. The normalized spacial score (nSPS) is 12.4. The van der Waals surface area contributed by atoms with E-state index in [-0.39, 0.29) is 22.8 Å². The fourth-order valence-corrected chi connectivity index (χ4v) is 1.53. The molecule has 2 aromatic heterocycles. The molecule has 0 saturated heterocycles. The molecule has 0 aliphatic heterocycles. The first-order chi connectivity index (χ1) is 8.08. The first kappa shape index (κ1) is 11.9. The zero-order chi connectivity index (χ0) is 12.4. The quantitative estimate of drug-likeness (QED) is 0.786. The highest BCUT2D eigenvalue weighted by Gasteiger charge is 2.17. The van der Waals surface area contributed by atoms with Crippen molar-refractivity contribution >= 4 is 29.1 Å². The summed E-state index contributed by atoms with van der Waals surface area (Å²) in [5.74, 6) is 0.0400. The van der Waals surface area contributed by atoms with Crippen LogP contribution in [0.5, 0.6) is 0 Å². The molecule has 1 unspecified atom stereocenters. The number of amides is 1. The Morgan fingerprint density at radius 2 is 2.29 bits per heavy atom. The summed E-state index contributed by atoms with van der Waals surface area (Å²) < 4.78 is 0. The monoisotopic (exact) mass is 274 g/mol. The number of carbonyl (C=O) groups excluding carboxylic acids is 1. The second kappa shape index (κ2) is 4.72. The first-order valence-electron chi connectivity index (χ1n) is 4.66. The number of aromatic nitrogens is 5. The van der Waals surface area contributed by atoms with Crippen LogP contribution in [0.2, 0.25) is 10.2 Å². The molecule has 0 aliphatic rings. The fourth-order valence-electron chi connectivity index (χ4n) is 1.22. The maximum absolute atomic E-state index is 11.8. The number of carbonyl (C=O) groups is 1. The summed E-state index contributed by atoms with van der Waals surface area (Å²) in [7, 11) is 0. The van der Waals surface area contributed by atoms with Crippen LogP contribution in [0.1, 0.15) is 29.3 Å². The van der Waals surface area contributed by atoms with E-state index in [4.69, 9.17) is 23.2 Å². The molecule has 0 bridgehead atoms. The van der Waals surface area contributed by atoms with Crippen molar-refractivity contribution in [2.45, 2.75) is 13.0 Å². The van der Waals surface area contributed by atoms with E-state index in [1.54, 1.807) is 6.92 Å². The molecule has 0 aromatic carbocycles. The van der Waals surface area contributed by atoms with E-state index < -0.39 is 0 Å². The van der Waals surface area contributed by atoms with Gasteiger partial charge in [0.05, 0.1) is 11.1 Å². The molecule has 7 nitrogen and oxygen atoms in total. The average molecular weight is 275 g/mol. The largest absolute Gasteiger partial charge is 0.341 e. The number of H-pyrrole nitrogens is 2. The number of hydrogen-bond donors (Lipinski definition) is 3. The third-order valence-corrected chi connectivity index (χ3v) is 2.76. The highest BCUT2D eigenvalue weighted by Crippen LogP contribution is 2.22. The van der Waals surface area contributed by atoms with E-state index in [2.05, 4.69) is 30.9 Å². The molecule has 2 aromatic rings. The summed E-state index contributed by atoms with van der Waals surface area (Å²) >= 11 is 11.4. The predicted octanol–water partition coefficient (Wildman–Crippen LogP) is 1.33. The van der Waals surface area contributed by atoms with Crippen molar-refractivity contribution in [1.29, 1.82) is 0 Å². The van der Waals surface area contributed by atoms with Crippen molar-refractivity contribution in [3.8, 4) is 0 Å². The number of halogens is 2. The summed E-state index contributed by atoms with van der Waals surface area (Å²) in [5, 5.41) is 16.4. The van der Waals surface area contributed by atoms with Crippen molar-refractivity contribution in [3.05, 3.63) is 27.8 Å². The van der Waals surface area contributed by atoms with E-state index in [9.17, 15) is 4.79 Å². The van der Waals surface area contributed by atoms with Crippen LogP contribution < -0.4 is 5.32 Å². The Morgan fingerprint density at radius 1 is 1.53 bits per heavy atom. The second-order valence-electron chi connectivity index (χ2n) is 3.31. The molecule has 1 atom stereocenters. The van der Waals surface area contributed by atoms with Gasteiger partial charge in [-0.2, -0.15) is 5.21 Å². The molecule has 0 radical (unpaired) electrons. The smallest absolute Gasteiger partial charge is 0.268 e. The molecule has 0 aliphatic carbocycles. The number of tetrazole rings is 1. The number of aromatic amines is 2. The molecule has 17 heavy (non-hydrogen) atoms. The van der Waals surface area contributed by atoms with Gasteiger partial charge in [-0.15, -0.1) is 10.2 Å². The van der Waals surface area contributed by atoms with Crippen molar-refractivity contribution < 1.29 is 4.79 Å². The first-order valence-corrected chi connectivity index (χ1v) is 5.41. The van der Waals surface area contributed by atoms with Crippen molar-refractivity contribution in [1.82, 2.24) is 30.9 Å². The van der Waals surface area contributed by atoms with Gasteiger partial charge in [-0.05, 0) is 13.0 Å². The SMILES string of the molecule is CC(NC(=O)c1cc(Cl)c(Cl)[nH]1)c1nn[nH]n1. The summed E-state index contributed by atoms with van der Waals surface area (Å²) in [6, 6.07) is 1.07. The van der Waals surface area contributed by atoms with Gasteiger partial charge in [0, 0.05) is 0 Å². The van der Waals surface area contributed by atoms with Crippen molar-refractivity contribution in [2.75, 3.05) is 0 Å². The van der Waals surface area contributed by atoms with Gasteiger partial charge in [0.25, 0.3) is 5.91 Å². The lowest BCUT2D eigenvalue weighted by Crippen LogP contribution is -2.27. The number of nitrogens with zero attached hydrogens (tertiary/aromatic N) is 3. The molecule has 90 valence electrons. The molecule has 0 fully saturated rings. The van der Waals surface area contributed by atoms with Crippen molar-refractivity contribution in [2.24, 2.45) is 0 Å². The third-order valence-electron chi connectivity index (χ3n) is 2.07. The maximum Gasteiger partial charge on any atom is 0.268 e. The number of hydrogen-bond acceptors (Lipinski definition) is 4. The van der Waals surface area contributed by atoms with Gasteiger partial charge in [-0.3, -0.25) is 4.79 Å². The molecular weight excluding hydrogens is 267 g/mol. The van der Waals surface area contributed by atoms with E-state index >= 15 is 0 Å². The van der Waals surface area contributed by atoms with E-state index in [1.807, 2.05) is 0 Å². The Kier molecular flexibility index (Phi) is 3.30. The Balaban J connectivity index is 2.07. The summed E-state index contributed by atoms with van der Waals surface area (Å²) in [6.45, 7) is 1.73. The van der Waals surface area contributed by atoms with Gasteiger partial charge >= 0.3 is 0 Å². The molecule has 2 heterocycles. The van der Waals surface area contributed by atoms with Gasteiger partial charge in [0.2, 0.25) is 0 Å². The van der Waals surface area contributed by atoms with Crippen LogP contribution in [-0.2, 0) is 0 Å². The van der Waals surface area contributed by atoms with E-state index in [0.29, 0.717) is 10.8 Å². The molecule has 0 saturated carbocycles. The second-order valence-corrected chi connectivity index (χ2v) is 4.10. The average Bonchev–Trinajstić information content (AvgIpc) is 2.89. The lowest BCUT2D eigenvalue weighted by molar-refractivity contribution is 0.0934. The molecule has 3 N–H and O–H groups in total. The lowest BCUT2D eigenvalue weighted by Gasteiger charge is -2.08. The minimum absolute atomic E-state index is 0.226. The Morgan fingerprint density at radius 3 is 2.82 bits per heavy atom. The zero-order valence-electron chi connectivity index (χ0n) is 8.66. The third kappa shape index (κ3) is 2.56. The zero-order valence-corrected chi connectivity index (χ0v) is 10.2. The lowest BCUT2D eigenvalue weighted by atomic mass is 10.3. The van der Waals surface area contributed by atoms with Crippen LogP contribution in [0.25, 0.3) is 0 Å². The van der Waals surface area contributed by atoms with Gasteiger partial charge < -0.3 is 10.3 Å². The summed E-state index contributed by atoms with van der Waals surface area (Å²) in [4.78, 5) is 14.4. The van der Waals surface area contributed by atoms with E-state index in [1.165, 1.54) is 6.07 Å². The van der Waals surface area contributed by atoms with Crippen molar-refractivity contribution in [3.63, 3.8) is 0 Å². The summed E-state index contributed by atoms with van der Waals surface area (Å²) in [6.07, 6.45) is 0. The van der Waals surface area contributed by atoms with Crippen LogP contribution >= 0.6 is 23.2 Å². The molecular formula is C8H8Cl2N6O. The number of rotatable bonds is 3. The van der Waals surface area contributed by atoms with Gasteiger partial charge in [0.15, 0.2) is 5.82 Å². The highest BCUT2D eigenvalue weighted by atomic mass is 35.5. The topological polar surface area (TPSA) is 99.4 Å². The minimum Gasteiger partial charge on any atom is -0.341 e. The van der Waals surface area contributed by atoms with Gasteiger partial charge in [-0.25, -0.2) is 0 Å². The Labute approximate surface area is 106 Å². The van der Waals surface area contributed by atoms with Crippen LogP contribution in [0, 0.1) is 0 Å². The van der Waals surface area contributed by atoms with Crippen LogP contribution in [0.4, 0.5) is 0 Å². The number of nitrogens with one attached hydrogen (secondary N) is 3.